The van der Waals surface area contributed by atoms with Crippen LogP contribution in [-0.4, -0.2) is 50.3 Å². The maximum atomic E-state index is 12.3. The number of piperidine rings is 1. The molecule has 2 aromatic heterocycles. The average molecular weight is 502 g/mol. The Morgan fingerprint density at radius 2 is 2.09 bits per heavy atom. The third-order valence-electron chi connectivity index (χ3n) is 5.34. The molecule has 170 valence electrons. The van der Waals surface area contributed by atoms with Crippen LogP contribution in [0.5, 0.6) is 0 Å². The van der Waals surface area contributed by atoms with Crippen molar-refractivity contribution in [2.75, 3.05) is 23.7 Å². The number of carbonyl (C=O) groups is 1. The van der Waals surface area contributed by atoms with Crippen molar-refractivity contribution in [2.24, 2.45) is 7.05 Å². The van der Waals surface area contributed by atoms with Gasteiger partial charge in [-0.25, -0.2) is 19.7 Å². The molecule has 0 spiro atoms. The zero-order chi connectivity index (χ0) is 23.0. The number of aromatic nitrogens is 4. The number of nitrogens with one attached hydrogen (secondary N) is 1. The molecule has 32 heavy (non-hydrogen) atoms. The zero-order valence-corrected chi connectivity index (χ0v) is 20.3. The second-order valence-corrected chi connectivity index (χ2v) is 9.81. The summed E-state index contributed by atoms with van der Waals surface area (Å²) in [6.07, 6.45) is 3.06. The zero-order valence-electron chi connectivity index (χ0n) is 18.7. The van der Waals surface area contributed by atoms with E-state index in [2.05, 4.69) is 42.2 Å². The molecule has 1 aliphatic heterocycles. The molecule has 0 saturated carbocycles. The van der Waals surface area contributed by atoms with Crippen molar-refractivity contribution >= 4 is 44.6 Å². The summed E-state index contributed by atoms with van der Waals surface area (Å²) >= 11 is 3.36. The number of para-hydroxylation sites is 1. The minimum Gasteiger partial charge on any atom is -0.444 e. The highest BCUT2D eigenvalue weighted by Gasteiger charge is 2.26. The number of anilines is 2. The van der Waals surface area contributed by atoms with Gasteiger partial charge in [-0.3, -0.25) is 0 Å². The summed E-state index contributed by atoms with van der Waals surface area (Å²) in [7, 11) is 1.95. The third-order valence-corrected chi connectivity index (χ3v) is 5.72. The number of fused-ring (bicyclic) bond motifs is 1. The van der Waals surface area contributed by atoms with Crippen LogP contribution >= 0.6 is 15.9 Å². The second kappa shape index (κ2) is 8.57. The number of halogens is 1. The molecule has 1 fully saturated rings. The van der Waals surface area contributed by atoms with Crippen LogP contribution in [0, 0.1) is 0 Å². The Hall–Kier alpha value is -2.88. The smallest absolute Gasteiger partial charge is 0.407 e. The summed E-state index contributed by atoms with van der Waals surface area (Å²) in [5, 5.41) is 3.02. The predicted octanol–water partition coefficient (Wildman–Crippen LogP) is 3.87. The Kier molecular flexibility index (Phi) is 5.98. The Bertz CT molecular complexity index is 1160. The van der Waals surface area contributed by atoms with Crippen LogP contribution in [-0.2, 0) is 11.8 Å². The molecule has 9 nitrogen and oxygen atoms in total. The fraction of sp³-hybridized carbons (Fsp3) is 0.455. The van der Waals surface area contributed by atoms with Crippen molar-refractivity contribution in [3.63, 3.8) is 0 Å². The van der Waals surface area contributed by atoms with Gasteiger partial charge in [0.15, 0.2) is 11.6 Å². The molecular weight excluding hydrogens is 474 g/mol. The van der Waals surface area contributed by atoms with Gasteiger partial charge in [-0.15, -0.1) is 0 Å². The Morgan fingerprint density at radius 3 is 2.84 bits per heavy atom. The van der Waals surface area contributed by atoms with Crippen molar-refractivity contribution in [2.45, 2.75) is 45.3 Å². The lowest BCUT2D eigenvalue weighted by Gasteiger charge is -2.35. The average Bonchev–Trinajstić information content (AvgIpc) is 3.05. The summed E-state index contributed by atoms with van der Waals surface area (Å²) in [4.78, 5) is 28.0. The van der Waals surface area contributed by atoms with E-state index in [1.807, 2.05) is 44.5 Å². The van der Waals surface area contributed by atoms with Crippen LogP contribution in [0.25, 0.3) is 22.6 Å². The van der Waals surface area contributed by atoms with Crippen molar-refractivity contribution < 1.29 is 9.53 Å². The fourth-order valence-corrected chi connectivity index (χ4v) is 4.32. The number of nitrogens with zero attached hydrogens (tertiary/aromatic N) is 5. The fourth-order valence-electron chi connectivity index (χ4n) is 4.04. The Balaban J connectivity index is 1.64. The predicted molar refractivity (Wildman–Crippen MR) is 128 cm³/mol. The van der Waals surface area contributed by atoms with Gasteiger partial charge >= 0.3 is 6.09 Å². The van der Waals surface area contributed by atoms with E-state index >= 15 is 0 Å². The highest BCUT2D eigenvalue weighted by molar-refractivity contribution is 9.10. The number of alkyl carbamates (subject to hydrolysis) is 1. The number of imidazole rings is 1. The molecule has 1 amide bonds. The Morgan fingerprint density at radius 1 is 1.31 bits per heavy atom. The molecule has 1 saturated heterocycles. The second-order valence-electron chi connectivity index (χ2n) is 9.00. The quantitative estimate of drug-likeness (QED) is 0.560. The number of aryl methyl sites for hydroxylation is 1. The summed E-state index contributed by atoms with van der Waals surface area (Å²) in [5.41, 5.74) is 9.00. The molecule has 1 aromatic carbocycles. The number of amides is 1. The standard InChI is InChI=1S/C22H28BrN7O2/c1-22(2,3)32-21(31)26-13-7-6-10-30(12-13)15-9-5-8-14-18(15)29(4)20(27-14)17-19(24)25-11-16(23)28-17/h5,8-9,11,13H,6-7,10,12H2,1-4H3,(H2,24,25)(H,26,31)/t13-/m1/s1. The SMILES string of the molecule is Cn1c(-c2nc(Br)cnc2N)nc2cccc(N3CCC[C@@H](NC(=O)OC(C)(C)C)C3)c21. The normalized spacial score (nSPS) is 16.9. The van der Waals surface area contributed by atoms with Gasteiger partial charge in [-0.1, -0.05) is 6.07 Å². The number of nitrogens with two attached hydrogens (primary N) is 1. The van der Waals surface area contributed by atoms with Crippen LogP contribution in [0.2, 0.25) is 0 Å². The van der Waals surface area contributed by atoms with E-state index in [1.165, 1.54) is 0 Å². The van der Waals surface area contributed by atoms with E-state index in [0.717, 1.165) is 36.1 Å². The molecule has 4 rings (SSSR count). The van der Waals surface area contributed by atoms with Crippen molar-refractivity contribution in [3.05, 3.63) is 29.0 Å². The summed E-state index contributed by atoms with van der Waals surface area (Å²) in [5.74, 6) is 0.979. The van der Waals surface area contributed by atoms with Crippen LogP contribution in [0.15, 0.2) is 29.0 Å². The van der Waals surface area contributed by atoms with Crippen LogP contribution in [0.1, 0.15) is 33.6 Å². The lowest BCUT2D eigenvalue weighted by molar-refractivity contribution is 0.0500. The topological polar surface area (TPSA) is 111 Å². The molecule has 1 aliphatic rings. The van der Waals surface area contributed by atoms with Gasteiger partial charge in [-0.2, -0.15) is 0 Å². The van der Waals surface area contributed by atoms with E-state index in [9.17, 15) is 4.79 Å². The monoisotopic (exact) mass is 501 g/mol. The van der Waals surface area contributed by atoms with Crippen molar-refractivity contribution in [1.82, 2.24) is 24.8 Å². The van der Waals surface area contributed by atoms with Crippen molar-refractivity contribution in [3.8, 4) is 11.5 Å². The molecule has 3 aromatic rings. The van der Waals surface area contributed by atoms with E-state index in [-0.39, 0.29) is 12.1 Å². The van der Waals surface area contributed by atoms with E-state index in [4.69, 9.17) is 15.5 Å². The Labute approximate surface area is 195 Å². The van der Waals surface area contributed by atoms with Gasteiger partial charge in [-0.05, 0) is 61.7 Å². The van der Waals surface area contributed by atoms with E-state index in [0.29, 0.717) is 28.5 Å². The van der Waals surface area contributed by atoms with Gasteiger partial charge in [0.05, 0.1) is 22.9 Å². The van der Waals surface area contributed by atoms with Crippen LogP contribution < -0.4 is 16.0 Å². The highest BCUT2D eigenvalue weighted by atomic mass is 79.9. The number of rotatable bonds is 3. The van der Waals surface area contributed by atoms with Crippen LogP contribution in [0.3, 0.4) is 0 Å². The largest absolute Gasteiger partial charge is 0.444 e. The number of hydrogen-bond donors (Lipinski definition) is 2. The number of ether oxygens (including phenoxy) is 1. The van der Waals surface area contributed by atoms with Gasteiger partial charge in [0, 0.05) is 26.2 Å². The van der Waals surface area contributed by atoms with Gasteiger partial charge < -0.3 is 25.3 Å². The third kappa shape index (κ3) is 4.64. The molecule has 0 radical (unpaired) electrons. The first-order chi connectivity index (χ1) is 15.1. The first-order valence-corrected chi connectivity index (χ1v) is 11.4. The van der Waals surface area contributed by atoms with E-state index in [1.54, 1.807) is 6.20 Å². The van der Waals surface area contributed by atoms with Crippen LogP contribution in [0.4, 0.5) is 16.3 Å². The van der Waals surface area contributed by atoms with Gasteiger partial charge in [0.1, 0.15) is 15.9 Å². The van der Waals surface area contributed by atoms with Gasteiger partial charge in [0.2, 0.25) is 0 Å². The van der Waals surface area contributed by atoms with E-state index < -0.39 is 5.60 Å². The summed E-state index contributed by atoms with van der Waals surface area (Å²) in [6, 6.07) is 6.06. The maximum Gasteiger partial charge on any atom is 0.407 e. The first-order valence-electron chi connectivity index (χ1n) is 10.6. The molecular formula is C22H28BrN7O2. The maximum absolute atomic E-state index is 12.3. The minimum atomic E-state index is -0.522. The van der Waals surface area contributed by atoms with Gasteiger partial charge in [0.25, 0.3) is 0 Å². The van der Waals surface area contributed by atoms with Crippen molar-refractivity contribution in [1.29, 1.82) is 0 Å². The highest BCUT2D eigenvalue weighted by Crippen LogP contribution is 2.33. The molecule has 0 unspecified atom stereocenters. The number of hydrogen-bond acceptors (Lipinski definition) is 7. The minimum absolute atomic E-state index is 0.00754. The number of benzene rings is 1. The summed E-state index contributed by atoms with van der Waals surface area (Å²) in [6.45, 7) is 7.18. The lowest BCUT2D eigenvalue weighted by Crippen LogP contribution is -2.49. The first kappa shape index (κ1) is 22.3. The molecule has 1 atom stereocenters. The number of carbonyl (C=O) groups excluding carboxylic acids is 1. The molecule has 0 aliphatic carbocycles. The number of nitrogen functional groups attached to an aromatic ring is 1. The molecule has 0 bridgehead atoms. The summed E-state index contributed by atoms with van der Waals surface area (Å²) < 4.78 is 8.03. The molecule has 3 heterocycles. The molecule has 10 heteroatoms. The lowest BCUT2D eigenvalue weighted by atomic mass is 10.0. The molecule has 3 N–H and O–H groups in total.